The molecule has 0 fully saturated rings. The molecule has 108 valence electrons. The van der Waals surface area contributed by atoms with Crippen molar-refractivity contribution in [2.75, 3.05) is 7.11 Å². The summed E-state index contributed by atoms with van der Waals surface area (Å²) in [6, 6.07) is 11.8. The van der Waals surface area contributed by atoms with Crippen LogP contribution in [0.15, 0.2) is 42.5 Å². The van der Waals surface area contributed by atoms with Gasteiger partial charge in [0.05, 0.1) is 12.7 Å². The largest absolute Gasteiger partial charge is 0.493 e. The summed E-state index contributed by atoms with van der Waals surface area (Å²) in [5.41, 5.74) is 1.94. The van der Waals surface area contributed by atoms with Gasteiger partial charge in [0.25, 0.3) is 0 Å². The normalized spacial score (nSPS) is 10.0. The highest BCUT2D eigenvalue weighted by Crippen LogP contribution is 2.29. The Morgan fingerprint density at radius 2 is 1.71 bits per heavy atom. The molecular formula is C17H16O4. The van der Waals surface area contributed by atoms with Gasteiger partial charge in [0.2, 0.25) is 0 Å². The smallest absolute Gasteiger partial charge is 0.343 e. The zero-order chi connectivity index (χ0) is 15.4. The molecule has 0 radical (unpaired) electrons. The number of methoxy groups -OCH3 is 1. The van der Waals surface area contributed by atoms with Crippen molar-refractivity contribution in [3.05, 3.63) is 59.2 Å². The first-order chi connectivity index (χ1) is 10.0. The minimum Gasteiger partial charge on any atom is -0.493 e. The molecule has 0 aliphatic heterocycles. The van der Waals surface area contributed by atoms with Crippen LogP contribution in [0.5, 0.6) is 11.5 Å². The molecule has 4 heteroatoms. The Morgan fingerprint density at radius 3 is 2.33 bits per heavy atom. The molecule has 0 aromatic heterocycles. The van der Waals surface area contributed by atoms with Crippen molar-refractivity contribution in [2.45, 2.75) is 13.8 Å². The first-order valence-corrected chi connectivity index (χ1v) is 6.49. The van der Waals surface area contributed by atoms with Crippen LogP contribution in [0, 0.1) is 6.92 Å². The van der Waals surface area contributed by atoms with Crippen molar-refractivity contribution in [1.29, 1.82) is 0 Å². The molecule has 0 heterocycles. The maximum atomic E-state index is 12.1. The van der Waals surface area contributed by atoms with E-state index in [1.807, 2.05) is 13.0 Å². The van der Waals surface area contributed by atoms with Gasteiger partial charge in [0.15, 0.2) is 17.3 Å². The lowest BCUT2D eigenvalue weighted by atomic mass is 10.1. The van der Waals surface area contributed by atoms with Crippen molar-refractivity contribution in [2.24, 2.45) is 0 Å². The van der Waals surface area contributed by atoms with E-state index in [2.05, 4.69) is 0 Å². The van der Waals surface area contributed by atoms with Crippen LogP contribution >= 0.6 is 0 Å². The summed E-state index contributed by atoms with van der Waals surface area (Å²) >= 11 is 0. The molecule has 0 amide bonds. The zero-order valence-electron chi connectivity index (χ0n) is 12.2. The fourth-order valence-electron chi connectivity index (χ4n) is 1.90. The number of rotatable bonds is 4. The van der Waals surface area contributed by atoms with Gasteiger partial charge in [-0.3, -0.25) is 4.79 Å². The van der Waals surface area contributed by atoms with Gasteiger partial charge >= 0.3 is 5.97 Å². The highest BCUT2D eigenvalue weighted by molar-refractivity contribution is 5.95. The molecule has 0 saturated heterocycles. The van der Waals surface area contributed by atoms with Crippen LogP contribution in [-0.4, -0.2) is 18.9 Å². The Kier molecular flexibility index (Phi) is 4.38. The lowest BCUT2D eigenvalue weighted by Gasteiger charge is -2.10. The van der Waals surface area contributed by atoms with Crippen LogP contribution in [0.2, 0.25) is 0 Å². The van der Waals surface area contributed by atoms with Gasteiger partial charge < -0.3 is 9.47 Å². The van der Waals surface area contributed by atoms with Gasteiger partial charge in [0.1, 0.15) is 0 Å². The van der Waals surface area contributed by atoms with E-state index in [9.17, 15) is 9.59 Å². The summed E-state index contributed by atoms with van der Waals surface area (Å²) in [6.45, 7) is 3.37. The van der Waals surface area contributed by atoms with Crippen LogP contribution in [0.25, 0.3) is 0 Å². The van der Waals surface area contributed by atoms with Gasteiger partial charge in [-0.2, -0.15) is 0 Å². The number of hydrogen-bond acceptors (Lipinski definition) is 4. The van der Waals surface area contributed by atoms with E-state index >= 15 is 0 Å². The fourth-order valence-corrected chi connectivity index (χ4v) is 1.90. The van der Waals surface area contributed by atoms with Crippen molar-refractivity contribution >= 4 is 11.8 Å². The van der Waals surface area contributed by atoms with E-state index in [4.69, 9.17) is 9.47 Å². The third-order valence-electron chi connectivity index (χ3n) is 3.03. The van der Waals surface area contributed by atoms with E-state index in [-0.39, 0.29) is 11.5 Å². The van der Waals surface area contributed by atoms with Crippen LogP contribution < -0.4 is 9.47 Å². The topological polar surface area (TPSA) is 52.6 Å². The molecule has 0 aliphatic carbocycles. The van der Waals surface area contributed by atoms with Gasteiger partial charge in [0, 0.05) is 5.56 Å². The minimum atomic E-state index is -0.465. The number of carbonyl (C=O) groups is 2. The van der Waals surface area contributed by atoms with E-state index in [0.29, 0.717) is 16.9 Å². The van der Waals surface area contributed by atoms with Crippen molar-refractivity contribution in [3.63, 3.8) is 0 Å². The molecule has 0 saturated carbocycles. The quantitative estimate of drug-likeness (QED) is 0.490. The first kappa shape index (κ1) is 14.8. The predicted octanol–water partition coefficient (Wildman–Crippen LogP) is 3.43. The van der Waals surface area contributed by atoms with Crippen molar-refractivity contribution < 1.29 is 19.1 Å². The van der Waals surface area contributed by atoms with Crippen LogP contribution in [0.1, 0.15) is 33.2 Å². The molecule has 0 aliphatic rings. The summed E-state index contributed by atoms with van der Waals surface area (Å²) < 4.78 is 10.5. The number of ether oxygens (including phenoxy) is 2. The number of Topliss-reactive ketones (excluding diaryl/α,β-unsaturated/α-hetero) is 1. The molecule has 21 heavy (non-hydrogen) atoms. The molecule has 0 atom stereocenters. The predicted molar refractivity (Wildman–Crippen MR) is 79.1 cm³/mol. The molecule has 0 bridgehead atoms. The highest BCUT2D eigenvalue weighted by atomic mass is 16.6. The molecule has 2 rings (SSSR count). The Labute approximate surface area is 123 Å². The summed E-state index contributed by atoms with van der Waals surface area (Å²) in [6.07, 6.45) is 0. The number of ketones is 1. The second-order valence-corrected chi connectivity index (χ2v) is 4.68. The molecule has 0 N–H and O–H groups in total. The van der Waals surface area contributed by atoms with Crippen LogP contribution in [0.4, 0.5) is 0 Å². The van der Waals surface area contributed by atoms with Gasteiger partial charge in [-0.25, -0.2) is 4.79 Å². The van der Waals surface area contributed by atoms with E-state index < -0.39 is 5.97 Å². The Hall–Kier alpha value is -2.62. The third-order valence-corrected chi connectivity index (χ3v) is 3.03. The highest BCUT2D eigenvalue weighted by Gasteiger charge is 2.14. The molecule has 2 aromatic rings. The number of hydrogen-bond donors (Lipinski definition) is 0. The molecule has 4 nitrogen and oxygen atoms in total. The maximum Gasteiger partial charge on any atom is 0.343 e. The molecular weight excluding hydrogens is 268 g/mol. The average molecular weight is 284 g/mol. The minimum absolute atomic E-state index is 0.0788. The van der Waals surface area contributed by atoms with Gasteiger partial charge in [-0.15, -0.1) is 0 Å². The lowest BCUT2D eigenvalue weighted by molar-refractivity contribution is 0.0729. The Bertz CT molecular complexity index is 689. The number of aryl methyl sites for hydroxylation is 1. The fraction of sp³-hybridized carbons (Fsp3) is 0.176. The van der Waals surface area contributed by atoms with E-state index in [0.717, 1.165) is 5.56 Å². The summed E-state index contributed by atoms with van der Waals surface area (Å²) in [4.78, 5) is 23.5. The molecule has 0 unspecified atom stereocenters. The Balaban J connectivity index is 2.27. The molecule has 2 aromatic carbocycles. The maximum absolute atomic E-state index is 12.1. The van der Waals surface area contributed by atoms with Crippen molar-refractivity contribution in [3.8, 4) is 11.5 Å². The second kappa shape index (κ2) is 6.22. The first-order valence-electron chi connectivity index (χ1n) is 6.49. The lowest BCUT2D eigenvalue weighted by Crippen LogP contribution is -2.09. The number of carbonyl (C=O) groups excluding carboxylic acids is 2. The standard InChI is InChI=1S/C17H16O4/c1-11-5-4-6-14(9-11)17(19)21-15-8-7-13(12(2)18)10-16(15)20-3/h4-10H,1-3H3. The van der Waals surface area contributed by atoms with Gasteiger partial charge in [-0.05, 0) is 44.2 Å². The number of benzene rings is 2. The van der Waals surface area contributed by atoms with E-state index in [1.165, 1.54) is 14.0 Å². The van der Waals surface area contributed by atoms with Gasteiger partial charge in [-0.1, -0.05) is 17.7 Å². The van der Waals surface area contributed by atoms with E-state index in [1.54, 1.807) is 36.4 Å². The number of esters is 1. The van der Waals surface area contributed by atoms with Crippen molar-refractivity contribution in [1.82, 2.24) is 0 Å². The van der Waals surface area contributed by atoms with Crippen LogP contribution in [0.3, 0.4) is 0 Å². The third kappa shape index (κ3) is 3.48. The summed E-state index contributed by atoms with van der Waals surface area (Å²) in [5.74, 6) is 0.0927. The summed E-state index contributed by atoms with van der Waals surface area (Å²) in [5, 5.41) is 0. The second-order valence-electron chi connectivity index (χ2n) is 4.68. The average Bonchev–Trinajstić information content (AvgIpc) is 2.47. The molecule has 0 spiro atoms. The zero-order valence-corrected chi connectivity index (χ0v) is 12.2. The van der Waals surface area contributed by atoms with Crippen LogP contribution in [-0.2, 0) is 0 Å². The SMILES string of the molecule is COc1cc(C(C)=O)ccc1OC(=O)c1cccc(C)c1. The monoisotopic (exact) mass is 284 g/mol. The Morgan fingerprint density at radius 1 is 0.952 bits per heavy atom. The summed E-state index contributed by atoms with van der Waals surface area (Å²) in [7, 11) is 1.46.